The molecule has 1 aromatic heterocycles. The summed E-state index contributed by atoms with van der Waals surface area (Å²) in [7, 11) is 0. The van der Waals surface area contributed by atoms with Crippen molar-refractivity contribution in [3.05, 3.63) is 102 Å². The minimum atomic E-state index is -0.153. The lowest BCUT2D eigenvalue weighted by atomic mass is 10.0. The predicted molar refractivity (Wildman–Crippen MR) is 125 cm³/mol. The van der Waals surface area contributed by atoms with Crippen molar-refractivity contribution in [2.75, 3.05) is 13.2 Å². The second-order valence-corrected chi connectivity index (χ2v) is 7.46. The van der Waals surface area contributed by atoms with E-state index in [2.05, 4.69) is 6.07 Å². The standard InChI is InChI=1S/C27H19N3O3/c28-17-19-6-8-20(9-7-19)24(31)12-10-22-18-30(23-4-2-1-3-5-23)29-27(22)21-11-13-25-26(16-21)33-15-14-32-25/h1-13,16,18H,14-15H2. The van der Waals surface area contributed by atoms with Crippen LogP contribution in [0.3, 0.4) is 0 Å². The van der Waals surface area contributed by atoms with Crippen molar-refractivity contribution in [2.45, 2.75) is 0 Å². The normalized spacial score (nSPS) is 12.5. The molecule has 0 radical (unpaired) electrons. The van der Waals surface area contributed by atoms with Gasteiger partial charge < -0.3 is 9.47 Å². The number of fused-ring (bicyclic) bond motifs is 1. The van der Waals surface area contributed by atoms with Crippen LogP contribution < -0.4 is 9.47 Å². The van der Waals surface area contributed by atoms with Crippen molar-refractivity contribution in [3.63, 3.8) is 0 Å². The molecule has 33 heavy (non-hydrogen) atoms. The molecule has 0 atom stereocenters. The molecule has 0 fully saturated rings. The summed E-state index contributed by atoms with van der Waals surface area (Å²) < 4.78 is 13.2. The lowest BCUT2D eigenvalue weighted by molar-refractivity contribution is 0.104. The van der Waals surface area contributed by atoms with Crippen LogP contribution in [0.5, 0.6) is 11.5 Å². The van der Waals surface area contributed by atoms with Gasteiger partial charge in [0.1, 0.15) is 18.9 Å². The van der Waals surface area contributed by atoms with Crippen LogP contribution in [0.2, 0.25) is 0 Å². The zero-order valence-electron chi connectivity index (χ0n) is 17.6. The van der Waals surface area contributed by atoms with Gasteiger partial charge >= 0.3 is 0 Å². The Bertz CT molecular complexity index is 1380. The largest absolute Gasteiger partial charge is 0.486 e. The van der Waals surface area contributed by atoms with E-state index in [0.717, 1.165) is 22.5 Å². The number of benzene rings is 3. The SMILES string of the molecule is N#Cc1ccc(C(=O)C=Cc2cn(-c3ccccc3)nc2-c2ccc3c(c2)OCCO3)cc1. The highest BCUT2D eigenvalue weighted by Crippen LogP contribution is 2.35. The van der Waals surface area contributed by atoms with Crippen molar-refractivity contribution in [1.29, 1.82) is 5.26 Å². The Labute approximate surface area is 190 Å². The molecule has 160 valence electrons. The average molecular weight is 433 g/mol. The molecule has 1 aliphatic heterocycles. The van der Waals surface area contributed by atoms with Gasteiger partial charge in [-0.15, -0.1) is 0 Å². The minimum absolute atomic E-state index is 0.153. The molecular weight excluding hydrogens is 414 g/mol. The second-order valence-electron chi connectivity index (χ2n) is 7.46. The fourth-order valence-electron chi connectivity index (χ4n) is 3.61. The highest BCUT2D eigenvalue weighted by molar-refractivity contribution is 6.07. The number of hydrogen-bond donors (Lipinski definition) is 0. The minimum Gasteiger partial charge on any atom is -0.486 e. The van der Waals surface area contributed by atoms with Gasteiger partial charge in [0, 0.05) is 22.9 Å². The third-order valence-electron chi connectivity index (χ3n) is 5.29. The lowest BCUT2D eigenvalue weighted by Gasteiger charge is -2.18. The first-order valence-electron chi connectivity index (χ1n) is 10.5. The molecule has 0 N–H and O–H groups in total. The molecule has 6 nitrogen and oxygen atoms in total. The number of ketones is 1. The van der Waals surface area contributed by atoms with Gasteiger partial charge in [-0.25, -0.2) is 4.68 Å². The Morgan fingerprint density at radius 3 is 2.48 bits per heavy atom. The molecule has 5 rings (SSSR count). The van der Waals surface area contributed by atoms with Crippen molar-refractivity contribution < 1.29 is 14.3 Å². The maximum atomic E-state index is 12.7. The maximum Gasteiger partial charge on any atom is 0.185 e. The molecule has 0 spiro atoms. The van der Waals surface area contributed by atoms with E-state index in [-0.39, 0.29) is 5.78 Å². The van der Waals surface area contributed by atoms with Crippen molar-refractivity contribution in [1.82, 2.24) is 9.78 Å². The topological polar surface area (TPSA) is 77.1 Å². The third-order valence-corrected chi connectivity index (χ3v) is 5.29. The molecule has 0 bridgehead atoms. The molecule has 0 aliphatic carbocycles. The van der Waals surface area contributed by atoms with Gasteiger partial charge in [0.15, 0.2) is 17.3 Å². The van der Waals surface area contributed by atoms with Crippen LogP contribution in [-0.2, 0) is 0 Å². The number of hydrogen-bond acceptors (Lipinski definition) is 5. The molecule has 6 heteroatoms. The van der Waals surface area contributed by atoms with Crippen LogP contribution in [0.4, 0.5) is 0 Å². The van der Waals surface area contributed by atoms with Crippen molar-refractivity contribution in [2.24, 2.45) is 0 Å². The van der Waals surface area contributed by atoms with Gasteiger partial charge in [0.05, 0.1) is 17.3 Å². The van der Waals surface area contributed by atoms with Gasteiger partial charge in [-0.1, -0.05) is 18.2 Å². The number of carbonyl (C=O) groups is 1. The van der Waals surface area contributed by atoms with Gasteiger partial charge in [0.25, 0.3) is 0 Å². The summed E-state index contributed by atoms with van der Waals surface area (Å²) in [5, 5.41) is 13.7. The van der Waals surface area contributed by atoms with Crippen LogP contribution >= 0.6 is 0 Å². The zero-order chi connectivity index (χ0) is 22.6. The average Bonchev–Trinajstić information content (AvgIpc) is 3.32. The molecule has 2 heterocycles. The molecule has 1 aliphatic rings. The number of aromatic nitrogens is 2. The van der Waals surface area contributed by atoms with E-state index in [1.54, 1.807) is 35.0 Å². The second kappa shape index (κ2) is 8.85. The highest BCUT2D eigenvalue weighted by atomic mass is 16.6. The van der Waals surface area contributed by atoms with Crippen LogP contribution in [0.15, 0.2) is 85.1 Å². The number of rotatable bonds is 5. The summed E-state index contributed by atoms with van der Waals surface area (Å²) in [4.78, 5) is 12.7. The Hall–Kier alpha value is -4.63. The van der Waals surface area contributed by atoms with E-state index in [4.69, 9.17) is 19.8 Å². The zero-order valence-corrected chi connectivity index (χ0v) is 17.6. The van der Waals surface area contributed by atoms with E-state index in [1.165, 1.54) is 6.08 Å². The molecular formula is C27H19N3O3. The fraction of sp³-hybridized carbons (Fsp3) is 0.0741. The Morgan fingerprint density at radius 2 is 1.73 bits per heavy atom. The summed E-state index contributed by atoms with van der Waals surface area (Å²) in [5.41, 5.74) is 4.31. The van der Waals surface area contributed by atoms with E-state index in [0.29, 0.717) is 35.8 Å². The molecule has 0 saturated carbocycles. The summed E-state index contributed by atoms with van der Waals surface area (Å²) in [6.07, 6.45) is 5.18. The Morgan fingerprint density at radius 1 is 0.970 bits per heavy atom. The van der Waals surface area contributed by atoms with Crippen molar-refractivity contribution >= 4 is 11.9 Å². The van der Waals surface area contributed by atoms with Crippen LogP contribution in [0, 0.1) is 11.3 Å². The summed E-state index contributed by atoms with van der Waals surface area (Å²) in [6, 6.07) is 24.1. The van der Waals surface area contributed by atoms with E-state index < -0.39 is 0 Å². The van der Waals surface area contributed by atoms with Crippen LogP contribution in [0.25, 0.3) is 23.0 Å². The first-order valence-corrected chi connectivity index (χ1v) is 10.5. The third kappa shape index (κ3) is 4.25. The van der Waals surface area contributed by atoms with E-state index in [1.807, 2.05) is 54.7 Å². The molecule has 3 aromatic carbocycles. The lowest BCUT2D eigenvalue weighted by Crippen LogP contribution is -2.15. The first-order chi connectivity index (χ1) is 16.2. The molecule has 0 unspecified atom stereocenters. The number of nitrogens with zero attached hydrogens (tertiary/aromatic N) is 3. The molecule has 4 aromatic rings. The quantitative estimate of drug-likeness (QED) is 0.324. The maximum absolute atomic E-state index is 12.7. The van der Waals surface area contributed by atoms with Crippen LogP contribution in [-0.4, -0.2) is 28.8 Å². The number of para-hydroxylation sites is 1. The van der Waals surface area contributed by atoms with Gasteiger partial charge in [-0.2, -0.15) is 10.4 Å². The Balaban J connectivity index is 1.52. The van der Waals surface area contributed by atoms with Gasteiger partial charge in [0.2, 0.25) is 0 Å². The predicted octanol–water partition coefficient (Wildman–Crippen LogP) is 5.08. The van der Waals surface area contributed by atoms with Crippen molar-refractivity contribution in [3.8, 4) is 34.5 Å². The highest BCUT2D eigenvalue weighted by Gasteiger charge is 2.16. The summed E-state index contributed by atoms with van der Waals surface area (Å²) in [6.45, 7) is 1.03. The van der Waals surface area contributed by atoms with Gasteiger partial charge in [-0.05, 0) is 66.7 Å². The van der Waals surface area contributed by atoms with E-state index >= 15 is 0 Å². The van der Waals surface area contributed by atoms with Crippen LogP contribution in [0.1, 0.15) is 21.5 Å². The first kappa shape index (κ1) is 20.3. The van der Waals surface area contributed by atoms with E-state index in [9.17, 15) is 4.79 Å². The molecule has 0 saturated heterocycles. The molecule has 0 amide bonds. The number of allylic oxidation sites excluding steroid dienone is 1. The fourth-order valence-corrected chi connectivity index (χ4v) is 3.61. The number of nitriles is 1. The number of ether oxygens (including phenoxy) is 2. The summed E-state index contributed by atoms with van der Waals surface area (Å²) >= 11 is 0. The Kier molecular flexibility index (Phi) is 5.44. The monoisotopic (exact) mass is 433 g/mol. The smallest absolute Gasteiger partial charge is 0.185 e. The van der Waals surface area contributed by atoms with Gasteiger partial charge in [-0.3, -0.25) is 4.79 Å². The number of carbonyl (C=O) groups excluding carboxylic acids is 1. The summed E-state index contributed by atoms with van der Waals surface area (Å²) in [5.74, 6) is 1.23.